The molecule has 1 aliphatic rings. The maximum Gasteiger partial charge on any atom is 0.211 e. The molecule has 0 aliphatic carbocycles. The summed E-state index contributed by atoms with van der Waals surface area (Å²) in [5, 5.41) is 3.22. The molecule has 0 saturated carbocycles. The fourth-order valence-corrected chi connectivity index (χ4v) is 2.94. The molecule has 0 aromatic rings. The molecular weight excluding hydrogens is 236 g/mol. The fourth-order valence-electron chi connectivity index (χ4n) is 1.87. The first-order valence-corrected chi connectivity index (χ1v) is 7.64. The van der Waals surface area contributed by atoms with E-state index in [9.17, 15) is 8.42 Å². The van der Waals surface area contributed by atoms with E-state index in [1.54, 1.807) is 4.31 Å². The second kappa shape index (κ2) is 6.03. The topological polar surface area (TPSA) is 49.4 Å². The smallest absolute Gasteiger partial charge is 0.211 e. The summed E-state index contributed by atoms with van der Waals surface area (Å²) in [5.74, 6) is 1.03. The van der Waals surface area contributed by atoms with Crippen molar-refractivity contribution >= 4 is 21.6 Å². The predicted octanol–water partition coefficient (Wildman–Crippen LogP) is 0.486. The summed E-state index contributed by atoms with van der Waals surface area (Å²) in [5.41, 5.74) is 0. The van der Waals surface area contributed by atoms with Gasteiger partial charge >= 0.3 is 0 Å². The van der Waals surface area contributed by atoms with Gasteiger partial charge in [0, 0.05) is 25.5 Å². The summed E-state index contributed by atoms with van der Waals surface area (Å²) in [6.45, 7) is 2.97. The third kappa shape index (κ3) is 4.68. The Kier molecular flexibility index (Phi) is 5.32. The number of halogens is 1. The largest absolute Gasteiger partial charge is 0.315 e. The lowest BCUT2D eigenvalue weighted by Gasteiger charge is -2.31. The average molecular weight is 255 g/mol. The zero-order valence-corrected chi connectivity index (χ0v) is 10.6. The van der Waals surface area contributed by atoms with Gasteiger partial charge < -0.3 is 5.32 Å². The zero-order valence-electron chi connectivity index (χ0n) is 9.08. The molecule has 6 heteroatoms. The van der Waals surface area contributed by atoms with E-state index in [-0.39, 0.29) is 0 Å². The van der Waals surface area contributed by atoms with Crippen LogP contribution in [0.1, 0.15) is 12.8 Å². The summed E-state index contributed by atoms with van der Waals surface area (Å²) >= 11 is 5.55. The van der Waals surface area contributed by atoms with Gasteiger partial charge in [0.1, 0.15) is 0 Å². The molecule has 0 spiro atoms. The van der Waals surface area contributed by atoms with Gasteiger partial charge in [0.25, 0.3) is 0 Å². The summed E-state index contributed by atoms with van der Waals surface area (Å²) in [4.78, 5) is 0. The molecule has 1 saturated heterocycles. The van der Waals surface area contributed by atoms with E-state index in [2.05, 4.69) is 5.32 Å². The lowest BCUT2D eigenvalue weighted by Crippen LogP contribution is -2.42. The van der Waals surface area contributed by atoms with Crippen molar-refractivity contribution in [3.05, 3.63) is 0 Å². The highest BCUT2D eigenvalue weighted by atomic mass is 35.5. The summed E-state index contributed by atoms with van der Waals surface area (Å²) in [6, 6.07) is 0. The number of piperidine rings is 1. The molecule has 1 fully saturated rings. The highest BCUT2D eigenvalue weighted by Gasteiger charge is 2.25. The van der Waals surface area contributed by atoms with E-state index in [1.165, 1.54) is 6.26 Å². The van der Waals surface area contributed by atoms with Gasteiger partial charge in [-0.2, -0.15) is 0 Å². The normalized spacial score (nSPS) is 24.3. The van der Waals surface area contributed by atoms with Crippen molar-refractivity contribution in [3.63, 3.8) is 0 Å². The van der Waals surface area contributed by atoms with Crippen molar-refractivity contribution in [2.24, 2.45) is 5.92 Å². The van der Waals surface area contributed by atoms with E-state index in [1.807, 2.05) is 0 Å². The van der Waals surface area contributed by atoms with Crippen LogP contribution >= 0.6 is 11.6 Å². The van der Waals surface area contributed by atoms with Crippen molar-refractivity contribution in [1.29, 1.82) is 0 Å². The zero-order chi connectivity index (χ0) is 11.3. The average Bonchev–Trinajstić information content (AvgIpc) is 2.17. The lowest BCUT2D eigenvalue weighted by atomic mass is 10.00. The van der Waals surface area contributed by atoms with Crippen LogP contribution in [0.3, 0.4) is 0 Å². The van der Waals surface area contributed by atoms with Crippen molar-refractivity contribution in [1.82, 2.24) is 9.62 Å². The van der Waals surface area contributed by atoms with E-state index < -0.39 is 10.0 Å². The highest BCUT2D eigenvalue weighted by Crippen LogP contribution is 2.17. The van der Waals surface area contributed by atoms with Gasteiger partial charge in [-0.1, -0.05) is 0 Å². The number of nitrogens with zero attached hydrogens (tertiary/aromatic N) is 1. The maximum atomic E-state index is 11.3. The van der Waals surface area contributed by atoms with Crippen LogP contribution in [0.2, 0.25) is 0 Å². The number of hydrogen-bond donors (Lipinski definition) is 1. The Morgan fingerprint density at radius 1 is 1.53 bits per heavy atom. The van der Waals surface area contributed by atoms with Crippen LogP contribution in [0.15, 0.2) is 0 Å². The minimum atomic E-state index is -3.01. The molecule has 0 radical (unpaired) electrons. The second-order valence-electron chi connectivity index (χ2n) is 4.02. The number of hydrogen-bond acceptors (Lipinski definition) is 3. The number of nitrogens with one attached hydrogen (secondary N) is 1. The van der Waals surface area contributed by atoms with Crippen molar-refractivity contribution < 1.29 is 8.42 Å². The van der Waals surface area contributed by atoms with Crippen LogP contribution in [0.5, 0.6) is 0 Å². The van der Waals surface area contributed by atoms with Gasteiger partial charge in [-0.15, -0.1) is 11.6 Å². The minimum Gasteiger partial charge on any atom is -0.315 e. The molecule has 1 rings (SSSR count). The highest BCUT2D eigenvalue weighted by molar-refractivity contribution is 7.88. The van der Waals surface area contributed by atoms with Gasteiger partial charge in [0.15, 0.2) is 0 Å². The molecule has 4 nitrogen and oxygen atoms in total. The van der Waals surface area contributed by atoms with Crippen LogP contribution < -0.4 is 5.32 Å². The molecule has 1 heterocycles. The Hall–Kier alpha value is 0.160. The van der Waals surface area contributed by atoms with Gasteiger partial charge in [-0.3, -0.25) is 0 Å². The third-order valence-electron chi connectivity index (χ3n) is 2.66. The Labute approximate surface area is 97.0 Å². The van der Waals surface area contributed by atoms with E-state index in [0.717, 1.165) is 25.9 Å². The molecule has 0 aromatic heterocycles. The molecule has 1 unspecified atom stereocenters. The predicted molar refractivity (Wildman–Crippen MR) is 62.7 cm³/mol. The van der Waals surface area contributed by atoms with Gasteiger partial charge in [-0.05, 0) is 25.3 Å². The van der Waals surface area contributed by atoms with Crippen molar-refractivity contribution in [2.45, 2.75) is 12.8 Å². The second-order valence-corrected chi connectivity index (χ2v) is 6.38. The van der Waals surface area contributed by atoms with E-state index in [0.29, 0.717) is 24.9 Å². The van der Waals surface area contributed by atoms with Crippen LogP contribution in [0.25, 0.3) is 0 Å². The molecule has 1 atom stereocenters. The van der Waals surface area contributed by atoms with Crippen LogP contribution in [0, 0.1) is 5.92 Å². The van der Waals surface area contributed by atoms with E-state index in [4.69, 9.17) is 11.6 Å². The van der Waals surface area contributed by atoms with Crippen molar-refractivity contribution in [2.75, 3.05) is 38.3 Å². The van der Waals surface area contributed by atoms with Crippen LogP contribution in [0.4, 0.5) is 0 Å². The summed E-state index contributed by atoms with van der Waals surface area (Å²) in [6.07, 6.45) is 3.34. The Bertz CT molecular complexity index is 282. The molecule has 0 amide bonds. The molecule has 1 N–H and O–H groups in total. The maximum absolute atomic E-state index is 11.3. The van der Waals surface area contributed by atoms with Gasteiger partial charge in [-0.25, -0.2) is 12.7 Å². The number of rotatable bonds is 5. The van der Waals surface area contributed by atoms with Crippen LogP contribution in [-0.2, 0) is 10.0 Å². The Morgan fingerprint density at radius 3 is 2.87 bits per heavy atom. The molecule has 0 bridgehead atoms. The van der Waals surface area contributed by atoms with Gasteiger partial charge in [0.05, 0.1) is 6.26 Å². The molecule has 0 aromatic carbocycles. The first-order chi connectivity index (χ1) is 7.04. The Morgan fingerprint density at radius 2 is 2.27 bits per heavy atom. The minimum absolute atomic E-state index is 0.427. The molecule has 90 valence electrons. The molecule has 15 heavy (non-hydrogen) atoms. The molecular formula is C9H19ClN2O2S. The SMILES string of the molecule is CS(=O)(=O)N1CCCC(CNCCCl)C1. The third-order valence-corrected chi connectivity index (χ3v) is 4.11. The first kappa shape index (κ1) is 13.2. The van der Waals surface area contributed by atoms with Crippen molar-refractivity contribution in [3.8, 4) is 0 Å². The summed E-state index contributed by atoms with van der Waals surface area (Å²) < 4.78 is 24.3. The lowest BCUT2D eigenvalue weighted by molar-refractivity contribution is 0.262. The van der Waals surface area contributed by atoms with Gasteiger partial charge in [0.2, 0.25) is 10.0 Å². The number of sulfonamides is 1. The van der Waals surface area contributed by atoms with Crippen LogP contribution in [-0.4, -0.2) is 51.0 Å². The quantitative estimate of drug-likeness (QED) is 0.574. The first-order valence-electron chi connectivity index (χ1n) is 5.26. The molecule has 1 aliphatic heterocycles. The fraction of sp³-hybridized carbons (Fsp3) is 1.00. The standard InChI is InChI=1S/C9H19ClN2O2S/c1-15(13,14)12-6-2-3-9(8-12)7-11-5-4-10/h9,11H,2-8H2,1H3. The number of alkyl halides is 1. The monoisotopic (exact) mass is 254 g/mol. The Balaban J connectivity index is 2.36. The van der Waals surface area contributed by atoms with E-state index >= 15 is 0 Å². The summed E-state index contributed by atoms with van der Waals surface area (Å²) in [7, 11) is -3.01.